The Morgan fingerprint density at radius 2 is 1.72 bits per heavy atom. The molecule has 2 amide bonds. The SMILES string of the molecule is O=C(COc1ccc(Br)cc1)NNC(=O)c1cccc(S(=O)(=O)N2CCCC2)c1. The zero-order valence-electron chi connectivity index (χ0n) is 15.4. The highest BCUT2D eigenvalue weighted by molar-refractivity contribution is 9.10. The number of halogens is 1. The lowest BCUT2D eigenvalue weighted by Gasteiger charge is -2.16. The molecule has 8 nitrogen and oxygen atoms in total. The third kappa shape index (κ3) is 5.55. The van der Waals surface area contributed by atoms with Crippen molar-refractivity contribution in [1.82, 2.24) is 15.2 Å². The number of nitrogens with one attached hydrogen (secondary N) is 2. The number of carbonyl (C=O) groups is 2. The lowest BCUT2D eigenvalue weighted by Crippen LogP contribution is -2.43. The Kier molecular flexibility index (Phi) is 6.88. The highest BCUT2D eigenvalue weighted by atomic mass is 79.9. The fraction of sp³-hybridized carbons (Fsp3) is 0.263. The molecule has 0 unspecified atom stereocenters. The molecule has 1 aliphatic heterocycles. The monoisotopic (exact) mass is 481 g/mol. The zero-order valence-corrected chi connectivity index (χ0v) is 17.8. The maximum Gasteiger partial charge on any atom is 0.276 e. The molecule has 0 aromatic heterocycles. The van der Waals surface area contributed by atoms with Gasteiger partial charge in [0.1, 0.15) is 5.75 Å². The summed E-state index contributed by atoms with van der Waals surface area (Å²) in [6.07, 6.45) is 1.65. The van der Waals surface area contributed by atoms with Crippen LogP contribution in [0.3, 0.4) is 0 Å². The molecule has 0 aliphatic carbocycles. The summed E-state index contributed by atoms with van der Waals surface area (Å²) in [5.41, 5.74) is 4.63. The van der Waals surface area contributed by atoms with E-state index in [4.69, 9.17) is 4.74 Å². The van der Waals surface area contributed by atoms with E-state index in [0.29, 0.717) is 18.8 Å². The van der Waals surface area contributed by atoms with Gasteiger partial charge in [-0.1, -0.05) is 22.0 Å². The number of hydrazine groups is 1. The Hall–Kier alpha value is -2.43. The van der Waals surface area contributed by atoms with Crippen molar-refractivity contribution >= 4 is 37.8 Å². The van der Waals surface area contributed by atoms with Gasteiger partial charge < -0.3 is 4.74 Å². The maximum atomic E-state index is 12.6. The van der Waals surface area contributed by atoms with Crippen molar-refractivity contribution in [3.63, 3.8) is 0 Å². The molecule has 154 valence electrons. The lowest BCUT2D eigenvalue weighted by molar-refractivity contribution is -0.123. The van der Waals surface area contributed by atoms with Crippen LogP contribution < -0.4 is 15.6 Å². The van der Waals surface area contributed by atoms with Crippen molar-refractivity contribution in [1.29, 1.82) is 0 Å². The number of ether oxygens (including phenoxy) is 1. The van der Waals surface area contributed by atoms with E-state index in [9.17, 15) is 18.0 Å². The third-order valence-electron chi connectivity index (χ3n) is 4.30. The summed E-state index contributed by atoms with van der Waals surface area (Å²) in [7, 11) is -3.63. The summed E-state index contributed by atoms with van der Waals surface area (Å²) in [6, 6.07) is 12.7. The van der Waals surface area contributed by atoms with Crippen molar-refractivity contribution in [3.05, 3.63) is 58.6 Å². The number of nitrogens with zero attached hydrogens (tertiary/aromatic N) is 1. The highest BCUT2D eigenvalue weighted by Crippen LogP contribution is 2.21. The minimum Gasteiger partial charge on any atom is -0.484 e. The third-order valence-corrected chi connectivity index (χ3v) is 6.72. The van der Waals surface area contributed by atoms with Crippen molar-refractivity contribution in [2.24, 2.45) is 0 Å². The molecule has 1 aliphatic rings. The second kappa shape index (κ2) is 9.38. The van der Waals surface area contributed by atoms with Crippen LogP contribution >= 0.6 is 15.9 Å². The van der Waals surface area contributed by atoms with E-state index in [-0.39, 0.29) is 17.1 Å². The van der Waals surface area contributed by atoms with Crippen LogP contribution in [0, 0.1) is 0 Å². The minimum absolute atomic E-state index is 0.0527. The molecule has 29 heavy (non-hydrogen) atoms. The smallest absolute Gasteiger partial charge is 0.276 e. The van der Waals surface area contributed by atoms with Gasteiger partial charge in [0.15, 0.2) is 6.61 Å². The van der Waals surface area contributed by atoms with Gasteiger partial charge in [-0.2, -0.15) is 4.31 Å². The lowest BCUT2D eigenvalue weighted by atomic mass is 10.2. The molecule has 2 aromatic rings. The van der Waals surface area contributed by atoms with E-state index in [1.807, 2.05) is 0 Å². The van der Waals surface area contributed by atoms with Crippen molar-refractivity contribution in [2.75, 3.05) is 19.7 Å². The molecule has 10 heteroatoms. The molecule has 1 fully saturated rings. The number of rotatable bonds is 6. The second-order valence-corrected chi connectivity index (χ2v) is 9.24. The van der Waals surface area contributed by atoms with E-state index < -0.39 is 21.8 Å². The predicted molar refractivity (Wildman–Crippen MR) is 110 cm³/mol. The van der Waals surface area contributed by atoms with Crippen LogP contribution in [0.4, 0.5) is 0 Å². The highest BCUT2D eigenvalue weighted by Gasteiger charge is 2.27. The summed E-state index contributed by atoms with van der Waals surface area (Å²) in [6.45, 7) is 0.672. The molecule has 3 rings (SSSR count). The van der Waals surface area contributed by atoms with Crippen LogP contribution in [-0.2, 0) is 14.8 Å². The Bertz CT molecular complexity index is 989. The number of benzene rings is 2. The molecule has 0 spiro atoms. The molecular weight excluding hydrogens is 462 g/mol. The fourth-order valence-corrected chi connectivity index (χ4v) is 4.62. The first kappa shape index (κ1) is 21.3. The molecular formula is C19H20BrN3O5S. The molecule has 0 saturated carbocycles. The van der Waals surface area contributed by atoms with Gasteiger partial charge in [-0.15, -0.1) is 0 Å². The van der Waals surface area contributed by atoms with Crippen molar-refractivity contribution in [2.45, 2.75) is 17.7 Å². The molecule has 2 N–H and O–H groups in total. The topological polar surface area (TPSA) is 105 Å². The standard InChI is InChI=1S/C19H20BrN3O5S/c20-15-6-8-16(9-7-15)28-13-18(24)21-22-19(25)14-4-3-5-17(12-14)29(26,27)23-10-1-2-11-23/h3-9,12H,1-2,10-11,13H2,(H,21,24)(H,22,25). The summed E-state index contributed by atoms with van der Waals surface area (Å²) >= 11 is 3.30. The van der Waals surface area contributed by atoms with Crippen LogP contribution in [0.25, 0.3) is 0 Å². The van der Waals surface area contributed by atoms with E-state index in [0.717, 1.165) is 17.3 Å². The first-order valence-electron chi connectivity index (χ1n) is 8.94. The van der Waals surface area contributed by atoms with Gasteiger partial charge in [-0.25, -0.2) is 8.42 Å². The summed E-state index contributed by atoms with van der Waals surface area (Å²) < 4.78 is 32.8. The minimum atomic E-state index is -3.63. The molecule has 0 radical (unpaired) electrons. The number of sulfonamides is 1. The van der Waals surface area contributed by atoms with Gasteiger partial charge >= 0.3 is 0 Å². The molecule has 2 aromatic carbocycles. The Labute approximate surface area is 177 Å². The predicted octanol–water partition coefficient (Wildman–Crippen LogP) is 2.07. The molecule has 0 bridgehead atoms. The van der Waals surface area contributed by atoms with Crippen LogP contribution in [-0.4, -0.2) is 44.2 Å². The van der Waals surface area contributed by atoms with E-state index in [1.54, 1.807) is 24.3 Å². The van der Waals surface area contributed by atoms with Gasteiger partial charge in [0.2, 0.25) is 10.0 Å². The van der Waals surface area contributed by atoms with Gasteiger partial charge in [-0.3, -0.25) is 20.4 Å². The first-order chi connectivity index (χ1) is 13.9. The maximum absolute atomic E-state index is 12.6. The van der Waals surface area contributed by atoms with E-state index in [1.165, 1.54) is 28.6 Å². The molecule has 1 heterocycles. The summed E-state index contributed by atoms with van der Waals surface area (Å²) in [5, 5.41) is 0. The van der Waals surface area contributed by atoms with Crippen molar-refractivity contribution < 1.29 is 22.7 Å². The Morgan fingerprint density at radius 1 is 1.03 bits per heavy atom. The van der Waals surface area contributed by atoms with Gasteiger partial charge in [-0.05, 0) is 55.3 Å². The van der Waals surface area contributed by atoms with E-state index >= 15 is 0 Å². The number of hydrogen-bond donors (Lipinski definition) is 2. The quantitative estimate of drug-likeness (QED) is 0.614. The van der Waals surface area contributed by atoms with Crippen LogP contribution in [0.1, 0.15) is 23.2 Å². The average Bonchev–Trinajstić information content (AvgIpc) is 3.27. The van der Waals surface area contributed by atoms with Crippen molar-refractivity contribution in [3.8, 4) is 5.75 Å². The molecule has 0 atom stereocenters. The van der Waals surface area contributed by atoms with Gasteiger partial charge in [0.25, 0.3) is 11.8 Å². The summed E-state index contributed by atoms with van der Waals surface area (Å²) in [5.74, 6) is -0.669. The van der Waals surface area contributed by atoms with E-state index in [2.05, 4.69) is 26.8 Å². The fourth-order valence-electron chi connectivity index (χ4n) is 2.79. The second-order valence-electron chi connectivity index (χ2n) is 6.38. The van der Waals surface area contributed by atoms with Crippen LogP contribution in [0.5, 0.6) is 5.75 Å². The number of amides is 2. The largest absolute Gasteiger partial charge is 0.484 e. The first-order valence-corrected chi connectivity index (χ1v) is 11.2. The normalized spacial score (nSPS) is 14.4. The average molecular weight is 482 g/mol. The Morgan fingerprint density at radius 3 is 2.41 bits per heavy atom. The van der Waals surface area contributed by atoms with Crippen LogP contribution in [0.15, 0.2) is 57.9 Å². The van der Waals surface area contributed by atoms with Crippen LogP contribution in [0.2, 0.25) is 0 Å². The summed E-state index contributed by atoms with van der Waals surface area (Å²) in [4.78, 5) is 24.2. The number of hydrogen-bond acceptors (Lipinski definition) is 5. The Balaban J connectivity index is 1.55. The van der Waals surface area contributed by atoms with Gasteiger partial charge in [0.05, 0.1) is 4.90 Å². The molecule has 1 saturated heterocycles. The van der Waals surface area contributed by atoms with Gasteiger partial charge in [0, 0.05) is 23.1 Å². The zero-order chi connectivity index (χ0) is 20.9. The number of carbonyl (C=O) groups excluding carboxylic acids is 2.